The summed E-state index contributed by atoms with van der Waals surface area (Å²) in [4.78, 5) is 15.0. The van der Waals surface area contributed by atoms with Gasteiger partial charge < -0.3 is 19.7 Å². The molecule has 0 saturated carbocycles. The van der Waals surface area contributed by atoms with Crippen LogP contribution in [0.5, 0.6) is 0 Å². The minimum Gasteiger partial charge on any atom is -0.384 e. The number of ether oxygens (including phenoxy) is 2. The number of morpholine rings is 1. The summed E-state index contributed by atoms with van der Waals surface area (Å²) in [6.45, 7) is 3.76. The Bertz CT molecular complexity index is 543. The van der Waals surface area contributed by atoms with Gasteiger partial charge in [0.1, 0.15) is 6.10 Å². The summed E-state index contributed by atoms with van der Waals surface area (Å²) in [6.07, 6.45) is 0.724. The maximum absolute atomic E-state index is 13.1. The lowest BCUT2D eigenvalue weighted by Crippen LogP contribution is -2.52. The van der Waals surface area contributed by atoms with E-state index in [0.717, 1.165) is 18.5 Å². The number of hydrogen-bond acceptors (Lipinski definition) is 4. The summed E-state index contributed by atoms with van der Waals surface area (Å²) in [6, 6.07) is 7.63. The van der Waals surface area contributed by atoms with Crippen LogP contribution in [-0.2, 0) is 14.3 Å². The van der Waals surface area contributed by atoms with Crippen LogP contribution in [0.15, 0.2) is 24.3 Å². The van der Waals surface area contributed by atoms with E-state index in [2.05, 4.69) is 5.32 Å². The molecule has 0 radical (unpaired) electrons. The van der Waals surface area contributed by atoms with Crippen molar-refractivity contribution in [2.75, 3.05) is 46.5 Å². The monoisotopic (exact) mass is 338 g/mol. The lowest BCUT2D eigenvalue weighted by atomic mass is 9.86. The summed E-state index contributed by atoms with van der Waals surface area (Å²) in [5, 5.41) is 4.00. The molecule has 2 fully saturated rings. The molecule has 2 aliphatic rings. The van der Waals surface area contributed by atoms with Gasteiger partial charge in [-0.3, -0.25) is 4.79 Å². The number of rotatable bonds is 4. The molecule has 1 amide bonds. The number of halogens is 1. The zero-order chi connectivity index (χ0) is 16.3. The van der Waals surface area contributed by atoms with E-state index in [1.54, 1.807) is 7.11 Å². The number of benzene rings is 1. The third-order valence-corrected chi connectivity index (χ3v) is 4.97. The molecular weight excluding hydrogens is 316 g/mol. The van der Waals surface area contributed by atoms with Gasteiger partial charge in [-0.15, -0.1) is 0 Å². The summed E-state index contributed by atoms with van der Waals surface area (Å²) < 4.78 is 11.2. The first-order chi connectivity index (χ1) is 11.1. The van der Waals surface area contributed by atoms with E-state index in [0.29, 0.717) is 37.9 Å². The highest BCUT2D eigenvalue weighted by Gasteiger charge is 2.44. The number of carbonyl (C=O) groups is 1. The highest BCUT2D eigenvalue weighted by molar-refractivity contribution is 6.30. The molecule has 2 aliphatic heterocycles. The first-order valence-corrected chi connectivity index (χ1v) is 8.38. The summed E-state index contributed by atoms with van der Waals surface area (Å²) in [7, 11) is 1.66. The largest absolute Gasteiger partial charge is 0.384 e. The fourth-order valence-corrected chi connectivity index (χ4v) is 3.56. The van der Waals surface area contributed by atoms with Gasteiger partial charge >= 0.3 is 0 Å². The van der Waals surface area contributed by atoms with Crippen LogP contribution >= 0.6 is 11.6 Å². The van der Waals surface area contributed by atoms with Crippen LogP contribution in [0.2, 0.25) is 5.02 Å². The van der Waals surface area contributed by atoms with Crippen LogP contribution in [0, 0.1) is 5.41 Å². The van der Waals surface area contributed by atoms with Crippen molar-refractivity contribution < 1.29 is 14.3 Å². The van der Waals surface area contributed by atoms with Crippen molar-refractivity contribution in [1.29, 1.82) is 0 Å². The zero-order valence-corrected chi connectivity index (χ0v) is 14.1. The van der Waals surface area contributed by atoms with E-state index >= 15 is 0 Å². The lowest BCUT2D eigenvalue weighted by Gasteiger charge is -2.38. The Morgan fingerprint density at radius 3 is 2.91 bits per heavy atom. The Labute approximate surface area is 141 Å². The van der Waals surface area contributed by atoms with Crippen molar-refractivity contribution in [2.24, 2.45) is 5.41 Å². The second-order valence-corrected chi connectivity index (χ2v) is 6.74. The van der Waals surface area contributed by atoms with Gasteiger partial charge in [0, 0.05) is 25.2 Å². The van der Waals surface area contributed by atoms with Crippen molar-refractivity contribution in [3.63, 3.8) is 0 Å². The number of carbonyl (C=O) groups excluding carboxylic acids is 1. The highest BCUT2D eigenvalue weighted by atomic mass is 35.5. The predicted octanol–water partition coefficient (Wildman–Crippen LogP) is 1.87. The normalized spacial score (nSPS) is 28.1. The zero-order valence-electron chi connectivity index (χ0n) is 13.4. The Morgan fingerprint density at radius 1 is 1.48 bits per heavy atom. The molecule has 1 aromatic rings. The molecule has 0 aromatic heterocycles. The molecule has 2 unspecified atom stereocenters. The molecule has 2 saturated heterocycles. The number of amides is 1. The Hall–Kier alpha value is -1.14. The van der Waals surface area contributed by atoms with E-state index in [1.165, 1.54) is 0 Å². The second kappa shape index (κ2) is 7.18. The molecule has 0 bridgehead atoms. The van der Waals surface area contributed by atoms with Crippen LogP contribution in [0.25, 0.3) is 0 Å². The van der Waals surface area contributed by atoms with Crippen molar-refractivity contribution in [1.82, 2.24) is 10.2 Å². The van der Waals surface area contributed by atoms with Crippen LogP contribution in [0.3, 0.4) is 0 Å². The Balaban J connectivity index is 1.72. The standard InChI is InChI=1S/C17H23ClN2O3/c1-22-12-17(6-7-19-11-17)16(21)20-8-9-23-15(10-20)13-2-4-14(18)5-3-13/h2-5,15,19H,6-12H2,1H3. The van der Waals surface area contributed by atoms with Gasteiger partial charge in [0.15, 0.2) is 0 Å². The minimum atomic E-state index is -0.434. The van der Waals surface area contributed by atoms with Crippen molar-refractivity contribution in [2.45, 2.75) is 12.5 Å². The Kier molecular flexibility index (Phi) is 5.21. The first kappa shape index (κ1) is 16.7. The summed E-state index contributed by atoms with van der Waals surface area (Å²) in [5.41, 5.74) is 0.619. The molecule has 1 aromatic carbocycles. The average Bonchev–Trinajstić information content (AvgIpc) is 3.05. The number of nitrogens with one attached hydrogen (secondary N) is 1. The Morgan fingerprint density at radius 2 is 2.26 bits per heavy atom. The SMILES string of the molecule is COCC1(C(=O)N2CCOC(c3ccc(Cl)cc3)C2)CCNC1. The van der Waals surface area contributed by atoms with Crippen LogP contribution < -0.4 is 5.32 Å². The van der Waals surface area contributed by atoms with Crippen molar-refractivity contribution in [3.05, 3.63) is 34.9 Å². The van der Waals surface area contributed by atoms with Gasteiger partial charge in [-0.1, -0.05) is 23.7 Å². The molecule has 0 spiro atoms. The topological polar surface area (TPSA) is 50.8 Å². The highest BCUT2D eigenvalue weighted by Crippen LogP contribution is 2.31. The quantitative estimate of drug-likeness (QED) is 0.910. The molecule has 1 N–H and O–H groups in total. The van der Waals surface area contributed by atoms with Gasteiger partial charge in [-0.25, -0.2) is 0 Å². The van der Waals surface area contributed by atoms with Crippen LogP contribution in [0.4, 0.5) is 0 Å². The number of methoxy groups -OCH3 is 1. The van der Waals surface area contributed by atoms with Crippen molar-refractivity contribution in [3.8, 4) is 0 Å². The predicted molar refractivity (Wildman–Crippen MR) is 88.5 cm³/mol. The van der Waals surface area contributed by atoms with Gasteiger partial charge in [-0.2, -0.15) is 0 Å². The van der Waals surface area contributed by atoms with E-state index in [4.69, 9.17) is 21.1 Å². The average molecular weight is 339 g/mol. The first-order valence-electron chi connectivity index (χ1n) is 8.01. The lowest BCUT2D eigenvalue weighted by molar-refractivity contribution is -0.151. The van der Waals surface area contributed by atoms with Gasteiger partial charge in [-0.05, 0) is 30.7 Å². The summed E-state index contributed by atoms with van der Waals surface area (Å²) >= 11 is 5.94. The van der Waals surface area contributed by atoms with Gasteiger partial charge in [0.05, 0.1) is 25.2 Å². The number of nitrogens with zero attached hydrogens (tertiary/aromatic N) is 1. The molecule has 6 heteroatoms. The van der Waals surface area contributed by atoms with E-state index in [9.17, 15) is 4.79 Å². The molecule has 2 atom stereocenters. The van der Waals surface area contributed by atoms with Gasteiger partial charge in [0.25, 0.3) is 0 Å². The molecule has 3 rings (SSSR count). The molecule has 2 heterocycles. The summed E-state index contributed by atoms with van der Waals surface area (Å²) in [5.74, 6) is 0.173. The van der Waals surface area contributed by atoms with E-state index in [-0.39, 0.29) is 12.0 Å². The molecule has 0 aliphatic carbocycles. The van der Waals surface area contributed by atoms with Crippen molar-refractivity contribution >= 4 is 17.5 Å². The van der Waals surface area contributed by atoms with Crippen LogP contribution in [0.1, 0.15) is 18.1 Å². The minimum absolute atomic E-state index is 0.0982. The maximum Gasteiger partial charge on any atom is 0.232 e. The molecule has 5 nitrogen and oxygen atoms in total. The third kappa shape index (κ3) is 3.53. The van der Waals surface area contributed by atoms with E-state index in [1.807, 2.05) is 29.2 Å². The van der Waals surface area contributed by atoms with E-state index < -0.39 is 5.41 Å². The fraction of sp³-hybridized carbons (Fsp3) is 0.588. The molecular formula is C17H23ClN2O3. The van der Waals surface area contributed by atoms with Crippen LogP contribution in [-0.4, -0.2) is 57.3 Å². The third-order valence-electron chi connectivity index (χ3n) is 4.71. The maximum atomic E-state index is 13.1. The number of hydrogen-bond donors (Lipinski definition) is 1. The molecule has 23 heavy (non-hydrogen) atoms. The smallest absolute Gasteiger partial charge is 0.232 e. The fourth-order valence-electron chi connectivity index (χ4n) is 3.44. The molecule has 126 valence electrons. The second-order valence-electron chi connectivity index (χ2n) is 6.30. The van der Waals surface area contributed by atoms with Gasteiger partial charge in [0.2, 0.25) is 5.91 Å².